The second-order valence-electron chi connectivity index (χ2n) is 5.34. The third kappa shape index (κ3) is 3.79. The molecule has 1 heterocycles. The molecule has 0 radical (unpaired) electrons. The molecule has 4 heteroatoms. The van der Waals surface area contributed by atoms with Gasteiger partial charge in [0.1, 0.15) is 5.82 Å². The molecule has 0 fully saturated rings. The van der Waals surface area contributed by atoms with Crippen molar-refractivity contribution >= 4 is 0 Å². The van der Waals surface area contributed by atoms with Gasteiger partial charge < -0.3 is 9.88 Å². The van der Waals surface area contributed by atoms with Crippen molar-refractivity contribution in [1.82, 2.24) is 9.88 Å². The van der Waals surface area contributed by atoms with Crippen LogP contribution < -0.4 is 10.7 Å². The van der Waals surface area contributed by atoms with Gasteiger partial charge in [-0.05, 0) is 38.5 Å². The SMILES string of the molecule is CCC(C)NCc1cn(-c2cccc(F)c2)c(C)cc1=O. The predicted octanol–water partition coefficient (Wildman–Crippen LogP) is 3.17. The van der Waals surface area contributed by atoms with Gasteiger partial charge in [0.2, 0.25) is 0 Å². The molecule has 1 atom stereocenters. The molecule has 0 aliphatic carbocycles. The van der Waals surface area contributed by atoms with Crippen LogP contribution >= 0.6 is 0 Å². The number of hydrogen-bond acceptors (Lipinski definition) is 2. The van der Waals surface area contributed by atoms with E-state index in [4.69, 9.17) is 0 Å². The number of halogens is 1. The average molecular weight is 288 g/mol. The summed E-state index contributed by atoms with van der Waals surface area (Å²) in [6.07, 6.45) is 2.80. The normalized spacial score (nSPS) is 12.4. The van der Waals surface area contributed by atoms with E-state index in [1.54, 1.807) is 18.3 Å². The van der Waals surface area contributed by atoms with Gasteiger partial charge in [-0.1, -0.05) is 13.0 Å². The Hall–Kier alpha value is -1.94. The van der Waals surface area contributed by atoms with Crippen molar-refractivity contribution in [2.75, 3.05) is 0 Å². The molecular formula is C17H21FN2O. The first-order valence-corrected chi connectivity index (χ1v) is 7.22. The molecule has 0 amide bonds. The number of benzene rings is 1. The number of nitrogens with zero attached hydrogens (tertiary/aromatic N) is 1. The minimum atomic E-state index is -0.287. The summed E-state index contributed by atoms with van der Waals surface area (Å²) in [6, 6.07) is 8.31. The van der Waals surface area contributed by atoms with Crippen molar-refractivity contribution in [3.63, 3.8) is 0 Å². The van der Waals surface area contributed by atoms with E-state index in [-0.39, 0.29) is 11.2 Å². The molecule has 1 aromatic heterocycles. The van der Waals surface area contributed by atoms with Crippen LogP contribution in [0, 0.1) is 12.7 Å². The van der Waals surface area contributed by atoms with E-state index in [1.807, 2.05) is 17.6 Å². The largest absolute Gasteiger partial charge is 0.320 e. The van der Waals surface area contributed by atoms with Crippen LogP contribution in [0.25, 0.3) is 5.69 Å². The quantitative estimate of drug-likeness (QED) is 0.917. The topological polar surface area (TPSA) is 34.0 Å². The number of hydrogen-bond donors (Lipinski definition) is 1. The van der Waals surface area contributed by atoms with Crippen LogP contribution in [-0.2, 0) is 6.54 Å². The fraction of sp³-hybridized carbons (Fsp3) is 0.353. The Balaban J connectivity index is 2.36. The molecule has 1 unspecified atom stereocenters. The summed E-state index contributed by atoms with van der Waals surface area (Å²) in [4.78, 5) is 12.1. The fourth-order valence-corrected chi connectivity index (χ4v) is 2.14. The smallest absolute Gasteiger partial charge is 0.186 e. The Morgan fingerprint density at radius 1 is 1.33 bits per heavy atom. The van der Waals surface area contributed by atoms with Crippen LogP contribution in [-0.4, -0.2) is 10.6 Å². The molecule has 2 aromatic rings. The summed E-state index contributed by atoms with van der Waals surface area (Å²) in [5, 5.41) is 3.31. The Morgan fingerprint density at radius 3 is 2.76 bits per heavy atom. The van der Waals surface area contributed by atoms with Gasteiger partial charge in [0.25, 0.3) is 0 Å². The highest BCUT2D eigenvalue weighted by molar-refractivity contribution is 5.35. The van der Waals surface area contributed by atoms with Crippen molar-refractivity contribution in [3.8, 4) is 5.69 Å². The summed E-state index contributed by atoms with van der Waals surface area (Å²) >= 11 is 0. The lowest BCUT2D eigenvalue weighted by molar-refractivity contribution is 0.531. The van der Waals surface area contributed by atoms with E-state index < -0.39 is 0 Å². The minimum absolute atomic E-state index is 0.0101. The van der Waals surface area contributed by atoms with Crippen LogP contribution in [0.3, 0.4) is 0 Å². The van der Waals surface area contributed by atoms with Gasteiger partial charge in [-0.3, -0.25) is 4.79 Å². The lowest BCUT2D eigenvalue weighted by Crippen LogP contribution is -2.28. The Bertz CT molecular complexity index is 679. The van der Waals surface area contributed by atoms with Crippen molar-refractivity contribution in [2.45, 2.75) is 39.8 Å². The van der Waals surface area contributed by atoms with E-state index in [1.165, 1.54) is 12.1 Å². The van der Waals surface area contributed by atoms with Crippen molar-refractivity contribution in [3.05, 3.63) is 63.8 Å². The molecule has 0 spiro atoms. The summed E-state index contributed by atoms with van der Waals surface area (Å²) in [5.41, 5.74) is 2.20. The monoisotopic (exact) mass is 288 g/mol. The van der Waals surface area contributed by atoms with Crippen molar-refractivity contribution < 1.29 is 4.39 Å². The van der Waals surface area contributed by atoms with Crippen LogP contribution in [0.2, 0.25) is 0 Å². The Morgan fingerprint density at radius 2 is 2.10 bits per heavy atom. The van der Waals surface area contributed by atoms with Gasteiger partial charge in [-0.15, -0.1) is 0 Å². The van der Waals surface area contributed by atoms with Gasteiger partial charge in [-0.25, -0.2) is 4.39 Å². The molecule has 3 nitrogen and oxygen atoms in total. The third-order valence-corrected chi connectivity index (χ3v) is 3.66. The first kappa shape index (κ1) is 15.4. The van der Waals surface area contributed by atoms with Crippen molar-refractivity contribution in [2.24, 2.45) is 0 Å². The molecular weight excluding hydrogens is 267 g/mol. The van der Waals surface area contributed by atoms with E-state index in [0.29, 0.717) is 18.2 Å². The fourth-order valence-electron chi connectivity index (χ4n) is 2.14. The van der Waals surface area contributed by atoms with Crippen LogP contribution in [0.4, 0.5) is 4.39 Å². The molecule has 0 saturated carbocycles. The van der Waals surface area contributed by atoms with Gasteiger partial charge in [0, 0.05) is 41.8 Å². The van der Waals surface area contributed by atoms with Crippen molar-refractivity contribution in [1.29, 1.82) is 0 Å². The summed E-state index contributed by atoms with van der Waals surface area (Å²) in [5.74, 6) is -0.287. The molecule has 0 saturated heterocycles. The summed E-state index contributed by atoms with van der Waals surface area (Å²) in [6.45, 7) is 6.54. The van der Waals surface area contributed by atoms with E-state index in [0.717, 1.165) is 17.8 Å². The molecule has 0 bridgehead atoms. The standard InChI is InChI=1S/C17H21FN2O/c1-4-12(2)19-10-14-11-20(13(3)8-17(14)21)16-7-5-6-15(18)9-16/h5-9,11-12,19H,4,10H2,1-3H3. The number of pyridine rings is 1. The molecule has 1 aromatic carbocycles. The van der Waals surface area contributed by atoms with E-state index in [9.17, 15) is 9.18 Å². The molecule has 21 heavy (non-hydrogen) atoms. The summed E-state index contributed by atoms with van der Waals surface area (Å²) < 4.78 is 15.2. The highest BCUT2D eigenvalue weighted by atomic mass is 19.1. The zero-order valence-corrected chi connectivity index (χ0v) is 12.7. The Labute approximate surface area is 124 Å². The lowest BCUT2D eigenvalue weighted by Gasteiger charge is -2.15. The van der Waals surface area contributed by atoms with Crippen LogP contribution in [0.1, 0.15) is 31.5 Å². The number of rotatable bonds is 5. The maximum absolute atomic E-state index is 13.4. The van der Waals surface area contributed by atoms with Gasteiger partial charge in [0.05, 0.1) is 0 Å². The zero-order valence-electron chi connectivity index (χ0n) is 12.7. The van der Waals surface area contributed by atoms with E-state index in [2.05, 4.69) is 19.2 Å². The Kier molecular flexibility index (Phi) is 4.91. The molecule has 2 rings (SSSR count). The van der Waals surface area contributed by atoms with Gasteiger partial charge in [-0.2, -0.15) is 0 Å². The minimum Gasteiger partial charge on any atom is -0.320 e. The molecule has 0 aliphatic heterocycles. The maximum Gasteiger partial charge on any atom is 0.186 e. The summed E-state index contributed by atoms with van der Waals surface area (Å²) in [7, 11) is 0. The highest BCUT2D eigenvalue weighted by Gasteiger charge is 2.07. The second kappa shape index (κ2) is 6.68. The lowest BCUT2D eigenvalue weighted by atomic mass is 10.2. The number of nitrogens with one attached hydrogen (secondary N) is 1. The highest BCUT2D eigenvalue weighted by Crippen LogP contribution is 2.12. The number of aryl methyl sites for hydroxylation is 1. The molecule has 1 N–H and O–H groups in total. The average Bonchev–Trinajstić information content (AvgIpc) is 2.46. The zero-order chi connectivity index (χ0) is 15.4. The van der Waals surface area contributed by atoms with Gasteiger partial charge >= 0.3 is 0 Å². The first-order valence-electron chi connectivity index (χ1n) is 7.22. The van der Waals surface area contributed by atoms with Crippen LogP contribution in [0.5, 0.6) is 0 Å². The second-order valence-corrected chi connectivity index (χ2v) is 5.34. The first-order chi connectivity index (χ1) is 10.0. The number of aromatic nitrogens is 1. The third-order valence-electron chi connectivity index (χ3n) is 3.66. The van der Waals surface area contributed by atoms with E-state index >= 15 is 0 Å². The maximum atomic E-state index is 13.4. The van der Waals surface area contributed by atoms with Gasteiger partial charge in [0.15, 0.2) is 5.43 Å². The molecule has 0 aliphatic rings. The molecule has 112 valence electrons. The van der Waals surface area contributed by atoms with Crippen LogP contribution in [0.15, 0.2) is 41.3 Å². The predicted molar refractivity (Wildman–Crippen MR) is 83.3 cm³/mol.